The van der Waals surface area contributed by atoms with Gasteiger partial charge in [0.2, 0.25) is 5.91 Å². The molecule has 1 amide bonds. The van der Waals surface area contributed by atoms with E-state index in [1.54, 1.807) is 7.11 Å². The van der Waals surface area contributed by atoms with E-state index in [-0.39, 0.29) is 30.5 Å². The molecule has 35 heavy (non-hydrogen) atoms. The predicted octanol–water partition coefficient (Wildman–Crippen LogP) is 2.13. The topological polar surface area (TPSA) is 65.5 Å². The van der Waals surface area contributed by atoms with E-state index in [0.29, 0.717) is 26.3 Å². The van der Waals surface area contributed by atoms with Crippen LogP contribution >= 0.6 is 0 Å². The van der Waals surface area contributed by atoms with Crippen LogP contribution in [-0.4, -0.2) is 87.0 Å². The Morgan fingerprint density at radius 1 is 1.09 bits per heavy atom. The number of hydrogen-bond acceptors (Lipinski definition) is 6. The van der Waals surface area contributed by atoms with Crippen LogP contribution in [0.15, 0.2) is 42.5 Å². The van der Waals surface area contributed by atoms with Crippen LogP contribution in [0, 0.1) is 17.8 Å². The highest BCUT2D eigenvalue weighted by Crippen LogP contribution is 2.48. The molecule has 2 saturated heterocycles. The van der Waals surface area contributed by atoms with Crippen molar-refractivity contribution in [3.05, 3.63) is 59.2 Å². The quantitative estimate of drug-likeness (QED) is 0.684. The lowest BCUT2D eigenvalue weighted by molar-refractivity contribution is -0.135. The lowest BCUT2D eigenvalue weighted by Crippen LogP contribution is -2.50. The van der Waals surface area contributed by atoms with Crippen LogP contribution < -0.4 is 9.64 Å². The van der Waals surface area contributed by atoms with Gasteiger partial charge < -0.3 is 24.4 Å². The van der Waals surface area contributed by atoms with Crippen molar-refractivity contribution in [1.82, 2.24) is 9.80 Å². The third-order valence-electron chi connectivity index (χ3n) is 7.57. The SMILES string of the molecule is COc1ccc(C#Cc2ccc3c(c2)[C@@H]2[C@@H](CCN2C(=O)CN2CCOCC2)[C@H](CO)N3C)cc1. The van der Waals surface area contributed by atoms with Crippen LogP contribution in [0.2, 0.25) is 0 Å². The number of aliphatic hydroxyl groups is 1. The number of carbonyl (C=O) groups is 1. The van der Waals surface area contributed by atoms with E-state index >= 15 is 0 Å². The number of amides is 1. The minimum absolute atomic E-state index is 0.00933. The number of likely N-dealkylation sites (tertiary alicyclic amines) is 1. The van der Waals surface area contributed by atoms with Crippen molar-refractivity contribution in [3.63, 3.8) is 0 Å². The van der Waals surface area contributed by atoms with Gasteiger partial charge in [0, 0.05) is 49.4 Å². The number of ether oxygens (including phenoxy) is 2. The maximum absolute atomic E-state index is 13.4. The smallest absolute Gasteiger partial charge is 0.237 e. The van der Waals surface area contributed by atoms with Crippen LogP contribution in [0.4, 0.5) is 5.69 Å². The molecule has 3 heterocycles. The second-order valence-corrected chi connectivity index (χ2v) is 9.49. The van der Waals surface area contributed by atoms with Gasteiger partial charge in [0.1, 0.15) is 5.75 Å². The third kappa shape index (κ3) is 4.74. The van der Waals surface area contributed by atoms with Gasteiger partial charge in [-0.1, -0.05) is 11.8 Å². The molecule has 1 N–H and O–H groups in total. The third-order valence-corrected chi connectivity index (χ3v) is 7.57. The molecule has 0 unspecified atom stereocenters. The normalized spacial score (nSPS) is 23.8. The molecular formula is C28H33N3O4. The summed E-state index contributed by atoms with van der Waals surface area (Å²) in [4.78, 5) is 19.8. The molecule has 184 valence electrons. The fraction of sp³-hybridized carbons (Fsp3) is 0.464. The van der Waals surface area contributed by atoms with Crippen LogP contribution in [0.5, 0.6) is 5.75 Å². The molecule has 2 aromatic rings. The molecule has 3 aliphatic heterocycles. The summed E-state index contributed by atoms with van der Waals surface area (Å²) in [5.41, 5.74) is 4.02. The number of rotatable bonds is 4. The Balaban J connectivity index is 1.44. The number of likely N-dealkylation sites (N-methyl/N-ethyl adjacent to an activating group) is 1. The second-order valence-electron chi connectivity index (χ2n) is 9.49. The lowest BCUT2D eigenvalue weighted by atomic mass is 9.81. The highest BCUT2D eigenvalue weighted by atomic mass is 16.5. The average Bonchev–Trinajstić information content (AvgIpc) is 3.34. The fourth-order valence-corrected chi connectivity index (χ4v) is 5.67. The Morgan fingerprint density at radius 2 is 1.80 bits per heavy atom. The summed E-state index contributed by atoms with van der Waals surface area (Å²) in [5, 5.41) is 10.2. The number of nitrogens with zero attached hydrogens (tertiary/aromatic N) is 3. The molecule has 7 nitrogen and oxygen atoms in total. The molecule has 0 radical (unpaired) electrons. The summed E-state index contributed by atoms with van der Waals surface area (Å²) < 4.78 is 10.7. The van der Waals surface area contributed by atoms with Crippen molar-refractivity contribution in [1.29, 1.82) is 0 Å². The van der Waals surface area contributed by atoms with Gasteiger partial charge in [-0.3, -0.25) is 9.69 Å². The number of methoxy groups -OCH3 is 1. The first-order chi connectivity index (χ1) is 17.1. The minimum Gasteiger partial charge on any atom is -0.497 e. The van der Waals surface area contributed by atoms with Crippen LogP contribution in [0.1, 0.15) is 29.2 Å². The summed E-state index contributed by atoms with van der Waals surface area (Å²) in [6.45, 7) is 4.13. The molecule has 3 atom stereocenters. The Labute approximate surface area is 207 Å². The maximum Gasteiger partial charge on any atom is 0.237 e. The van der Waals surface area contributed by atoms with Crippen molar-refractivity contribution < 1.29 is 19.4 Å². The molecule has 3 aliphatic rings. The summed E-state index contributed by atoms with van der Waals surface area (Å²) >= 11 is 0. The zero-order chi connectivity index (χ0) is 24.4. The van der Waals surface area contributed by atoms with Gasteiger partial charge in [-0.2, -0.15) is 0 Å². The molecule has 0 aromatic heterocycles. The van der Waals surface area contributed by atoms with E-state index in [4.69, 9.17) is 9.47 Å². The zero-order valence-electron chi connectivity index (χ0n) is 20.4. The Kier molecular flexibility index (Phi) is 6.96. The maximum atomic E-state index is 13.4. The largest absolute Gasteiger partial charge is 0.497 e. The Bertz CT molecular complexity index is 1120. The number of fused-ring (bicyclic) bond motifs is 3. The van der Waals surface area contributed by atoms with Gasteiger partial charge in [0.05, 0.1) is 45.6 Å². The van der Waals surface area contributed by atoms with Gasteiger partial charge in [-0.25, -0.2) is 0 Å². The summed E-state index contributed by atoms with van der Waals surface area (Å²) in [6.07, 6.45) is 0.885. The molecule has 2 fully saturated rings. The van der Waals surface area contributed by atoms with Gasteiger partial charge >= 0.3 is 0 Å². The first-order valence-electron chi connectivity index (χ1n) is 12.3. The van der Waals surface area contributed by atoms with E-state index in [9.17, 15) is 9.90 Å². The van der Waals surface area contributed by atoms with Gasteiger partial charge in [-0.15, -0.1) is 0 Å². The molecule has 2 aromatic carbocycles. The molecule has 5 rings (SSSR count). The molecule has 0 saturated carbocycles. The standard InChI is InChI=1S/C28H33N3O4/c1-29-25-10-7-21(4-3-20-5-8-22(34-2)9-6-20)17-24(25)28-23(26(29)19-32)11-12-31(28)27(33)18-30-13-15-35-16-14-30/h5-10,17,23,26,28,32H,11-16,18-19H2,1-2H3/t23-,26-,28-/m0/s1. The van der Waals surface area contributed by atoms with Gasteiger partial charge in [-0.05, 0) is 54.4 Å². The lowest BCUT2D eigenvalue weighted by Gasteiger charge is -2.44. The van der Waals surface area contributed by atoms with Crippen molar-refractivity contribution in [2.24, 2.45) is 5.92 Å². The fourth-order valence-electron chi connectivity index (χ4n) is 5.67. The Hall–Kier alpha value is -3.05. The molecule has 7 heteroatoms. The van der Waals surface area contributed by atoms with Crippen LogP contribution in [0.3, 0.4) is 0 Å². The van der Waals surface area contributed by atoms with E-state index in [1.807, 2.05) is 42.3 Å². The number of carbonyl (C=O) groups excluding carboxylic acids is 1. The molecule has 0 aliphatic carbocycles. The monoisotopic (exact) mass is 475 g/mol. The van der Waals surface area contributed by atoms with Crippen molar-refractivity contribution in [2.75, 3.05) is 65.1 Å². The summed E-state index contributed by atoms with van der Waals surface area (Å²) in [6, 6.07) is 13.9. The minimum atomic E-state index is -0.0466. The van der Waals surface area contributed by atoms with Crippen molar-refractivity contribution in [3.8, 4) is 17.6 Å². The predicted molar refractivity (Wildman–Crippen MR) is 135 cm³/mol. The molecular weight excluding hydrogens is 442 g/mol. The highest BCUT2D eigenvalue weighted by Gasteiger charge is 2.47. The first kappa shape index (κ1) is 23.7. The molecule has 0 spiro atoms. The van der Waals surface area contributed by atoms with E-state index < -0.39 is 0 Å². The van der Waals surface area contributed by atoms with Crippen LogP contribution in [-0.2, 0) is 9.53 Å². The summed E-state index contributed by atoms with van der Waals surface area (Å²) in [5.74, 6) is 7.68. The highest BCUT2D eigenvalue weighted by molar-refractivity contribution is 5.80. The number of anilines is 1. The van der Waals surface area contributed by atoms with Crippen molar-refractivity contribution in [2.45, 2.75) is 18.5 Å². The van der Waals surface area contributed by atoms with Crippen LogP contribution in [0.25, 0.3) is 0 Å². The van der Waals surface area contributed by atoms with Crippen molar-refractivity contribution >= 4 is 11.6 Å². The number of aliphatic hydroxyl groups excluding tert-OH is 1. The number of benzene rings is 2. The average molecular weight is 476 g/mol. The van der Waals surface area contributed by atoms with Gasteiger partial charge in [0.25, 0.3) is 0 Å². The number of hydrogen-bond donors (Lipinski definition) is 1. The van der Waals surface area contributed by atoms with Gasteiger partial charge in [0.15, 0.2) is 0 Å². The first-order valence-corrected chi connectivity index (χ1v) is 12.3. The Morgan fingerprint density at radius 3 is 2.51 bits per heavy atom. The van der Waals surface area contributed by atoms with E-state index in [1.165, 1.54) is 0 Å². The van der Waals surface area contributed by atoms with E-state index in [2.05, 4.69) is 33.8 Å². The van der Waals surface area contributed by atoms with E-state index in [0.717, 1.165) is 47.6 Å². The molecule has 0 bridgehead atoms. The number of morpholine rings is 1. The second kappa shape index (κ2) is 10.3. The summed E-state index contributed by atoms with van der Waals surface area (Å²) in [7, 11) is 3.69. The zero-order valence-corrected chi connectivity index (χ0v) is 20.4.